The topological polar surface area (TPSA) is 38.8 Å². The first-order chi connectivity index (χ1) is 9.24. The predicted molar refractivity (Wildman–Crippen MR) is 73.4 cm³/mol. The van der Waals surface area contributed by atoms with Crippen LogP contribution in [0, 0.1) is 0 Å². The minimum Gasteiger partial charge on any atom is -0.377 e. The van der Waals surface area contributed by atoms with Crippen molar-refractivity contribution in [1.29, 1.82) is 0 Å². The van der Waals surface area contributed by atoms with Gasteiger partial charge in [0, 0.05) is 45.8 Å². The van der Waals surface area contributed by atoms with Gasteiger partial charge in [-0.3, -0.25) is 9.69 Å². The maximum Gasteiger partial charge on any atom is 0.164 e. The second kappa shape index (κ2) is 6.80. The van der Waals surface area contributed by atoms with E-state index in [4.69, 9.17) is 9.47 Å². The molecule has 0 saturated carbocycles. The van der Waals surface area contributed by atoms with Crippen LogP contribution in [0.25, 0.3) is 0 Å². The smallest absolute Gasteiger partial charge is 0.164 e. The molecule has 4 nitrogen and oxygen atoms in total. The van der Waals surface area contributed by atoms with Crippen molar-refractivity contribution >= 4 is 5.78 Å². The number of carbonyl (C=O) groups excluding carboxylic acids is 1. The first-order valence-electron chi connectivity index (χ1n) is 6.60. The van der Waals surface area contributed by atoms with E-state index in [1.54, 1.807) is 14.2 Å². The molecular formula is C15H21NO3. The van der Waals surface area contributed by atoms with Gasteiger partial charge < -0.3 is 9.47 Å². The van der Waals surface area contributed by atoms with E-state index in [1.165, 1.54) is 0 Å². The molecule has 1 aromatic carbocycles. The predicted octanol–water partition coefficient (Wildman–Crippen LogP) is 1.61. The summed E-state index contributed by atoms with van der Waals surface area (Å²) in [4.78, 5) is 14.2. The minimum atomic E-state index is 0.108. The number of ketones is 1. The summed E-state index contributed by atoms with van der Waals surface area (Å²) in [6.07, 6.45) is 0.755. The fraction of sp³-hybridized carbons (Fsp3) is 0.533. The Labute approximate surface area is 114 Å². The second-order valence-electron chi connectivity index (χ2n) is 4.85. The Balaban J connectivity index is 1.82. The lowest BCUT2D eigenvalue weighted by atomic mass is 10.1. The summed E-state index contributed by atoms with van der Waals surface area (Å²) in [5.41, 5.74) is 0.785. The van der Waals surface area contributed by atoms with Gasteiger partial charge >= 0.3 is 0 Å². The van der Waals surface area contributed by atoms with Gasteiger partial charge in [-0.1, -0.05) is 30.3 Å². The molecule has 0 aromatic heterocycles. The molecule has 1 aromatic rings. The van der Waals surface area contributed by atoms with Crippen molar-refractivity contribution in [2.45, 2.75) is 18.6 Å². The average molecular weight is 263 g/mol. The third-order valence-electron chi connectivity index (χ3n) is 3.65. The van der Waals surface area contributed by atoms with Crippen molar-refractivity contribution in [3.63, 3.8) is 0 Å². The van der Waals surface area contributed by atoms with Gasteiger partial charge in [0.2, 0.25) is 0 Å². The second-order valence-corrected chi connectivity index (χ2v) is 4.85. The van der Waals surface area contributed by atoms with Crippen LogP contribution < -0.4 is 0 Å². The number of methoxy groups -OCH3 is 2. The number of hydrogen-bond donors (Lipinski definition) is 0. The van der Waals surface area contributed by atoms with Crippen molar-refractivity contribution in [2.24, 2.45) is 0 Å². The average Bonchev–Trinajstić information content (AvgIpc) is 2.88. The van der Waals surface area contributed by atoms with Gasteiger partial charge in [-0.05, 0) is 0 Å². The molecule has 2 rings (SSSR count). The Bertz CT molecular complexity index is 395. The van der Waals surface area contributed by atoms with Gasteiger partial charge in [-0.15, -0.1) is 0 Å². The first-order valence-corrected chi connectivity index (χ1v) is 6.60. The van der Waals surface area contributed by atoms with Crippen LogP contribution in [0.5, 0.6) is 0 Å². The summed E-state index contributed by atoms with van der Waals surface area (Å²) in [6, 6.07) is 9.43. The zero-order valence-electron chi connectivity index (χ0n) is 11.5. The molecule has 4 heteroatoms. The summed E-state index contributed by atoms with van der Waals surface area (Å²) >= 11 is 0. The highest BCUT2D eigenvalue weighted by Gasteiger charge is 2.32. The summed E-state index contributed by atoms with van der Waals surface area (Å²) in [5, 5.41) is 0. The third kappa shape index (κ3) is 3.62. The van der Waals surface area contributed by atoms with Crippen molar-refractivity contribution < 1.29 is 14.3 Å². The maximum absolute atomic E-state index is 12.0. The molecule has 1 heterocycles. The van der Waals surface area contributed by atoms with Crippen LogP contribution in [0.1, 0.15) is 16.8 Å². The van der Waals surface area contributed by atoms with Gasteiger partial charge in [0.15, 0.2) is 5.78 Å². The number of benzene rings is 1. The van der Waals surface area contributed by atoms with Crippen molar-refractivity contribution in [2.75, 3.05) is 33.9 Å². The molecule has 0 aliphatic carbocycles. The quantitative estimate of drug-likeness (QED) is 0.731. The molecular weight excluding hydrogens is 242 g/mol. The largest absolute Gasteiger partial charge is 0.377 e. The number of ether oxygens (including phenoxy) is 2. The number of likely N-dealkylation sites (tertiary alicyclic amines) is 1. The highest BCUT2D eigenvalue weighted by Crippen LogP contribution is 2.16. The molecule has 0 radical (unpaired) electrons. The highest BCUT2D eigenvalue weighted by atomic mass is 16.5. The van der Waals surface area contributed by atoms with Crippen LogP contribution in [0.15, 0.2) is 30.3 Å². The Morgan fingerprint density at radius 3 is 2.26 bits per heavy atom. The Morgan fingerprint density at radius 1 is 1.16 bits per heavy atom. The summed E-state index contributed by atoms with van der Waals surface area (Å²) < 4.78 is 10.8. The fourth-order valence-electron chi connectivity index (χ4n) is 2.48. The zero-order valence-corrected chi connectivity index (χ0v) is 11.5. The van der Waals surface area contributed by atoms with E-state index in [1.807, 2.05) is 30.3 Å². The van der Waals surface area contributed by atoms with Crippen LogP contribution in [0.3, 0.4) is 0 Å². The number of nitrogens with zero attached hydrogens (tertiary/aromatic N) is 1. The molecule has 0 amide bonds. The highest BCUT2D eigenvalue weighted by molar-refractivity contribution is 5.96. The monoisotopic (exact) mass is 263 g/mol. The molecule has 0 spiro atoms. The standard InChI is InChI=1S/C15H21NO3/c1-18-14-10-16(11-15(14)19-2)9-8-13(17)12-6-4-3-5-7-12/h3-7,14-15H,8-11H2,1-2H3. The molecule has 0 bridgehead atoms. The van der Waals surface area contributed by atoms with Crippen LogP contribution in [-0.4, -0.2) is 56.7 Å². The van der Waals surface area contributed by atoms with E-state index < -0.39 is 0 Å². The molecule has 1 fully saturated rings. The Morgan fingerprint density at radius 2 is 1.74 bits per heavy atom. The molecule has 0 N–H and O–H groups in total. The van der Waals surface area contributed by atoms with Crippen molar-refractivity contribution in [1.82, 2.24) is 4.90 Å². The third-order valence-corrected chi connectivity index (χ3v) is 3.65. The van der Waals surface area contributed by atoms with Crippen LogP contribution in [0.2, 0.25) is 0 Å². The molecule has 104 valence electrons. The SMILES string of the molecule is COC1CN(CCC(=O)c2ccccc2)CC1OC. The fourth-order valence-corrected chi connectivity index (χ4v) is 2.48. The first kappa shape index (κ1) is 14.2. The van der Waals surface area contributed by atoms with E-state index in [-0.39, 0.29) is 18.0 Å². The van der Waals surface area contributed by atoms with Gasteiger partial charge in [-0.2, -0.15) is 0 Å². The van der Waals surface area contributed by atoms with Crippen molar-refractivity contribution in [3.8, 4) is 0 Å². The van der Waals surface area contributed by atoms with Gasteiger partial charge in [0.05, 0.1) is 12.2 Å². The summed E-state index contributed by atoms with van der Waals surface area (Å²) in [6.45, 7) is 2.42. The van der Waals surface area contributed by atoms with E-state index in [9.17, 15) is 4.79 Å². The summed E-state index contributed by atoms with van der Waals surface area (Å²) in [7, 11) is 3.41. The Kier molecular flexibility index (Phi) is 5.07. The number of hydrogen-bond acceptors (Lipinski definition) is 4. The molecule has 19 heavy (non-hydrogen) atoms. The maximum atomic E-state index is 12.0. The van der Waals surface area contributed by atoms with Gasteiger partial charge in [0.1, 0.15) is 0 Å². The van der Waals surface area contributed by atoms with E-state index in [2.05, 4.69) is 4.90 Å². The number of Topliss-reactive ketones (excluding diaryl/α,β-unsaturated/α-hetero) is 1. The lowest BCUT2D eigenvalue weighted by Crippen LogP contribution is -2.27. The van der Waals surface area contributed by atoms with Crippen LogP contribution >= 0.6 is 0 Å². The molecule has 1 aliphatic rings. The lowest BCUT2D eigenvalue weighted by Gasteiger charge is -2.14. The van der Waals surface area contributed by atoms with Crippen molar-refractivity contribution in [3.05, 3.63) is 35.9 Å². The van der Waals surface area contributed by atoms with Gasteiger partial charge in [-0.25, -0.2) is 0 Å². The van der Waals surface area contributed by atoms with E-state index >= 15 is 0 Å². The molecule has 1 aliphatic heterocycles. The van der Waals surface area contributed by atoms with Crippen LogP contribution in [-0.2, 0) is 9.47 Å². The minimum absolute atomic E-state index is 0.108. The van der Waals surface area contributed by atoms with E-state index in [0.717, 1.165) is 25.2 Å². The molecule has 1 saturated heterocycles. The Hall–Kier alpha value is -1.23. The van der Waals surface area contributed by atoms with Gasteiger partial charge in [0.25, 0.3) is 0 Å². The lowest BCUT2D eigenvalue weighted by molar-refractivity contribution is -0.00461. The normalized spacial score (nSPS) is 23.7. The molecule has 2 atom stereocenters. The zero-order chi connectivity index (χ0) is 13.7. The molecule has 2 unspecified atom stereocenters. The summed E-state index contributed by atoms with van der Waals surface area (Å²) in [5.74, 6) is 0.190. The van der Waals surface area contributed by atoms with Crippen LogP contribution in [0.4, 0.5) is 0 Å². The van der Waals surface area contributed by atoms with E-state index in [0.29, 0.717) is 6.42 Å². The number of carbonyl (C=O) groups is 1. The number of rotatable bonds is 6.